The van der Waals surface area contributed by atoms with E-state index in [1.807, 2.05) is 0 Å². The lowest BCUT2D eigenvalue weighted by atomic mass is 9.97. The summed E-state index contributed by atoms with van der Waals surface area (Å²) in [5.41, 5.74) is -0.744. The van der Waals surface area contributed by atoms with Crippen molar-refractivity contribution in [2.45, 2.75) is 19.4 Å². The van der Waals surface area contributed by atoms with Crippen molar-refractivity contribution in [3.05, 3.63) is 23.2 Å². The monoisotopic (exact) mass is 282 g/mol. The molecule has 0 aromatic carbocycles. The molecule has 1 fully saturated rings. The van der Waals surface area contributed by atoms with Gasteiger partial charge in [0.15, 0.2) is 0 Å². The van der Waals surface area contributed by atoms with Crippen molar-refractivity contribution in [3.63, 3.8) is 0 Å². The fraction of sp³-hybridized carbons (Fsp3) is 0.500. The lowest BCUT2D eigenvalue weighted by Gasteiger charge is -2.44. The molecule has 2 heterocycles. The van der Waals surface area contributed by atoms with Crippen molar-refractivity contribution < 1.29 is 9.59 Å². The Morgan fingerprint density at radius 1 is 1.37 bits per heavy atom. The van der Waals surface area contributed by atoms with E-state index in [1.54, 1.807) is 25.8 Å². The van der Waals surface area contributed by atoms with Gasteiger partial charge in [-0.1, -0.05) is 11.6 Å². The molecule has 1 aromatic rings. The summed E-state index contributed by atoms with van der Waals surface area (Å²) in [5, 5.41) is 0.157. The number of carbonyl (C=O) groups excluding carboxylic acids is 2. The fourth-order valence-corrected chi connectivity index (χ4v) is 2.30. The van der Waals surface area contributed by atoms with Gasteiger partial charge >= 0.3 is 0 Å². The molecule has 1 aromatic heterocycles. The molecule has 19 heavy (non-hydrogen) atoms. The summed E-state index contributed by atoms with van der Waals surface area (Å²) < 4.78 is 0. The second kappa shape index (κ2) is 4.77. The molecular weight excluding hydrogens is 268 g/mol. The summed E-state index contributed by atoms with van der Waals surface area (Å²) in [7, 11) is 1.73. The summed E-state index contributed by atoms with van der Waals surface area (Å²) in [5.74, 6) is -0.427. The third kappa shape index (κ3) is 2.40. The number of aromatic nitrogens is 2. The number of piperazine rings is 1. The van der Waals surface area contributed by atoms with E-state index in [0.29, 0.717) is 13.1 Å². The highest BCUT2D eigenvalue weighted by Gasteiger charge is 2.43. The Balaban J connectivity index is 2.31. The zero-order valence-electron chi connectivity index (χ0n) is 11.1. The minimum absolute atomic E-state index is 0.0953. The number of likely N-dealkylation sites (N-methyl/N-ethyl adjacent to an activating group) is 1. The molecule has 0 aliphatic carbocycles. The van der Waals surface area contributed by atoms with E-state index < -0.39 is 5.54 Å². The van der Waals surface area contributed by atoms with Crippen LogP contribution in [0.5, 0.6) is 0 Å². The smallest absolute Gasteiger partial charge is 0.275 e. The van der Waals surface area contributed by atoms with Crippen LogP contribution in [0.25, 0.3) is 0 Å². The number of carbonyl (C=O) groups is 2. The van der Waals surface area contributed by atoms with Crippen LogP contribution in [0, 0.1) is 0 Å². The Hall–Kier alpha value is -1.69. The molecule has 0 N–H and O–H groups in total. The summed E-state index contributed by atoms with van der Waals surface area (Å²) in [6.07, 6.45) is 2.71. The normalized spacial score (nSPS) is 18.6. The van der Waals surface area contributed by atoms with Gasteiger partial charge < -0.3 is 9.80 Å². The first-order valence-corrected chi connectivity index (χ1v) is 6.27. The van der Waals surface area contributed by atoms with E-state index in [4.69, 9.17) is 11.6 Å². The van der Waals surface area contributed by atoms with Crippen molar-refractivity contribution >= 4 is 23.4 Å². The van der Waals surface area contributed by atoms with Gasteiger partial charge in [-0.05, 0) is 13.8 Å². The van der Waals surface area contributed by atoms with Crippen molar-refractivity contribution in [2.24, 2.45) is 0 Å². The van der Waals surface area contributed by atoms with E-state index in [0.717, 1.165) is 0 Å². The quantitative estimate of drug-likeness (QED) is 0.765. The van der Waals surface area contributed by atoms with Gasteiger partial charge in [-0.2, -0.15) is 0 Å². The lowest BCUT2D eigenvalue weighted by molar-refractivity contribution is -0.144. The topological polar surface area (TPSA) is 66.4 Å². The molecule has 1 aliphatic heterocycles. The van der Waals surface area contributed by atoms with Crippen LogP contribution >= 0.6 is 11.6 Å². The average molecular weight is 283 g/mol. The largest absolute Gasteiger partial charge is 0.342 e. The van der Waals surface area contributed by atoms with E-state index in [9.17, 15) is 9.59 Å². The Bertz CT molecular complexity index is 532. The first-order chi connectivity index (χ1) is 8.84. The summed E-state index contributed by atoms with van der Waals surface area (Å²) in [4.78, 5) is 35.5. The van der Waals surface area contributed by atoms with Crippen LogP contribution in [0.1, 0.15) is 24.3 Å². The Kier molecular flexibility index (Phi) is 3.45. The highest BCUT2D eigenvalue weighted by molar-refractivity contribution is 6.29. The Morgan fingerprint density at radius 2 is 2.05 bits per heavy atom. The molecule has 1 saturated heterocycles. The van der Waals surface area contributed by atoms with Gasteiger partial charge in [0.25, 0.3) is 5.91 Å². The van der Waals surface area contributed by atoms with Crippen molar-refractivity contribution in [1.82, 2.24) is 19.8 Å². The zero-order valence-corrected chi connectivity index (χ0v) is 11.8. The molecule has 0 atom stereocenters. The minimum Gasteiger partial charge on any atom is -0.342 e. The van der Waals surface area contributed by atoms with Crippen molar-refractivity contribution in [3.8, 4) is 0 Å². The van der Waals surface area contributed by atoms with Crippen LogP contribution in [-0.4, -0.2) is 57.3 Å². The van der Waals surface area contributed by atoms with Crippen LogP contribution in [0.15, 0.2) is 12.4 Å². The molecule has 0 saturated carbocycles. The first kappa shape index (κ1) is 13.7. The maximum absolute atomic E-state index is 12.4. The van der Waals surface area contributed by atoms with Crippen molar-refractivity contribution in [1.29, 1.82) is 0 Å². The van der Waals surface area contributed by atoms with Crippen LogP contribution in [-0.2, 0) is 4.79 Å². The van der Waals surface area contributed by atoms with Gasteiger partial charge in [-0.25, -0.2) is 4.98 Å². The Morgan fingerprint density at radius 3 is 2.68 bits per heavy atom. The molecule has 2 amide bonds. The zero-order chi connectivity index (χ0) is 14.2. The van der Waals surface area contributed by atoms with E-state index in [2.05, 4.69) is 9.97 Å². The van der Waals surface area contributed by atoms with E-state index in [1.165, 1.54) is 17.3 Å². The highest BCUT2D eigenvalue weighted by atomic mass is 35.5. The molecule has 0 spiro atoms. The van der Waals surface area contributed by atoms with Gasteiger partial charge in [-0.3, -0.25) is 14.6 Å². The predicted octanol–water partition coefficient (Wildman–Crippen LogP) is 0.823. The van der Waals surface area contributed by atoms with Gasteiger partial charge in [0.1, 0.15) is 16.4 Å². The lowest BCUT2D eigenvalue weighted by Crippen LogP contribution is -2.63. The third-order valence-electron chi connectivity index (χ3n) is 3.27. The first-order valence-electron chi connectivity index (χ1n) is 5.89. The molecule has 102 valence electrons. The summed E-state index contributed by atoms with van der Waals surface area (Å²) >= 11 is 5.73. The SMILES string of the molecule is CN1CCN(C(=O)c2cncc(Cl)n2)C(C)(C)C1=O. The van der Waals surface area contributed by atoms with Crippen LogP contribution < -0.4 is 0 Å². The minimum atomic E-state index is -0.895. The maximum Gasteiger partial charge on any atom is 0.275 e. The van der Waals surface area contributed by atoms with E-state index >= 15 is 0 Å². The number of rotatable bonds is 1. The van der Waals surface area contributed by atoms with E-state index in [-0.39, 0.29) is 22.7 Å². The molecule has 2 rings (SSSR count). The second-order valence-electron chi connectivity index (χ2n) is 4.97. The molecule has 0 bridgehead atoms. The molecule has 0 unspecified atom stereocenters. The number of hydrogen-bond donors (Lipinski definition) is 0. The number of amides is 2. The fourth-order valence-electron chi connectivity index (χ4n) is 2.15. The maximum atomic E-state index is 12.4. The van der Waals surface area contributed by atoms with Gasteiger partial charge in [0, 0.05) is 20.1 Å². The number of hydrogen-bond acceptors (Lipinski definition) is 4. The van der Waals surface area contributed by atoms with Crippen LogP contribution in [0.3, 0.4) is 0 Å². The Labute approximate surface area is 116 Å². The molecule has 6 nitrogen and oxygen atoms in total. The third-order valence-corrected chi connectivity index (χ3v) is 3.46. The number of nitrogens with zero attached hydrogens (tertiary/aromatic N) is 4. The standard InChI is InChI=1S/C12H15ClN4O2/c1-12(2)11(19)16(3)4-5-17(12)10(18)8-6-14-7-9(13)15-8/h6-7H,4-5H2,1-3H3. The average Bonchev–Trinajstić information content (AvgIpc) is 2.35. The molecular formula is C12H15ClN4O2. The van der Waals surface area contributed by atoms with Crippen LogP contribution in [0.2, 0.25) is 5.15 Å². The summed E-state index contributed by atoms with van der Waals surface area (Å²) in [6, 6.07) is 0. The molecule has 1 aliphatic rings. The highest BCUT2D eigenvalue weighted by Crippen LogP contribution is 2.23. The van der Waals surface area contributed by atoms with Crippen LogP contribution in [0.4, 0.5) is 0 Å². The van der Waals surface area contributed by atoms with Crippen molar-refractivity contribution in [2.75, 3.05) is 20.1 Å². The second-order valence-corrected chi connectivity index (χ2v) is 5.36. The molecule has 0 radical (unpaired) electrons. The predicted molar refractivity (Wildman–Crippen MR) is 69.8 cm³/mol. The van der Waals surface area contributed by atoms with Gasteiger partial charge in [0.2, 0.25) is 5.91 Å². The summed E-state index contributed by atoms with van der Waals surface area (Å²) in [6.45, 7) is 4.41. The van der Waals surface area contributed by atoms with Gasteiger partial charge in [-0.15, -0.1) is 0 Å². The number of halogens is 1. The van der Waals surface area contributed by atoms with Gasteiger partial charge in [0.05, 0.1) is 12.4 Å². The molecule has 7 heteroatoms.